The van der Waals surface area contributed by atoms with Crippen molar-refractivity contribution >= 4 is 5.97 Å². The van der Waals surface area contributed by atoms with Crippen LogP contribution in [-0.4, -0.2) is 23.8 Å². The molecule has 0 aromatic heterocycles. The normalized spacial score (nSPS) is 9.30. The number of hydrogen-bond donors (Lipinski definition) is 1. The van der Waals surface area contributed by atoms with Crippen molar-refractivity contribution in [2.75, 3.05) is 6.61 Å². The van der Waals surface area contributed by atoms with Crippen molar-refractivity contribution in [2.45, 2.75) is 6.10 Å². The molecule has 0 aromatic carbocycles. The third kappa shape index (κ3) is 3.86. The predicted octanol–water partition coefficient (Wildman–Crippen LogP) is 0.828. The maximum Gasteiger partial charge on any atom is 0.329 e. The lowest BCUT2D eigenvalue weighted by Gasteiger charge is -2.04. The molecule has 0 rings (SSSR count). The van der Waals surface area contributed by atoms with Crippen molar-refractivity contribution in [3.05, 3.63) is 25.3 Å². The minimum absolute atomic E-state index is 0.317. The van der Waals surface area contributed by atoms with E-state index in [2.05, 4.69) is 13.2 Å². The van der Waals surface area contributed by atoms with E-state index in [9.17, 15) is 4.79 Å². The summed E-state index contributed by atoms with van der Waals surface area (Å²) in [6.45, 7) is 6.52. The first-order valence-electron chi connectivity index (χ1n) is 2.79. The zero-order valence-electron chi connectivity index (χ0n) is 5.62. The van der Waals surface area contributed by atoms with Crippen molar-refractivity contribution in [3.8, 4) is 0 Å². The van der Waals surface area contributed by atoms with Gasteiger partial charge in [-0.3, -0.25) is 0 Å². The summed E-state index contributed by atoms with van der Waals surface area (Å²) in [6.07, 6.45) is 2.60. The van der Waals surface area contributed by atoms with E-state index in [0.717, 1.165) is 0 Å². The van der Waals surface area contributed by atoms with Gasteiger partial charge in [-0.2, -0.15) is 0 Å². The second kappa shape index (κ2) is 4.76. The fourth-order valence-corrected chi connectivity index (χ4v) is 0.400. The van der Waals surface area contributed by atoms with Crippen molar-refractivity contribution in [2.24, 2.45) is 0 Å². The number of hydrogen-bond acceptors (Lipinski definition) is 2. The molecule has 0 spiro atoms. The Hall–Kier alpha value is -1.09. The van der Waals surface area contributed by atoms with Crippen molar-refractivity contribution < 1.29 is 14.6 Å². The van der Waals surface area contributed by atoms with Gasteiger partial charge < -0.3 is 9.84 Å². The van der Waals surface area contributed by atoms with Crippen LogP contribution in [0.25, 0.3) is 0 Å². The summed E-state index contributed by atoms with van der Waals surface area (Å²) in [4.78, 5) is 9.94. The summed E-state index contributed by atoms with van der Waals surface area (Å²) in [7, 11) is 0. The van der Waals surface area contributed by atoms with E-state index >= 15 is 0 Å². The number of carboxylic acid groups (broad SMARTS) is 1. The first-order valence-corrected chi connectivity index (χ1v) is 2.79. The molecule has 0 aliphatic rings. The van der Waals surface area contributed by atoms with Gasteiger partial charge in [-0.05, 0) is 0 Å². The lowest BCUT2D eigenvalue weighted by molar-refractivity contribution is -0.142. The van der Waals surface area contributed by atoms with E-state index in [0.29, 0.717) is 0 Å². The summed E-state index contributed by atoms with van der Waals surface area (Å²) >= 11 is 0. The van der Waals surface area contributed by atoms with Crippen LogP contribution in [0, 0.1) is 0 Å². The molecular weight excluding hydrogens is 132 g/mol. The van der Waals surface area contributed by atoms with E-state index in [4.69, 9.17) is 9.84 Å². The van der Waals surface area contributed by atoms with Gasteiger partial charge in [0.05, 0.1) is 6.10 Å². The molecule has 0 aliphatic heterocycles. The molecule has 1 N–H and O–H groups in total. The summed E-state index contributed by atoms with van der Waals surface area (Å²) in [5.74, 6) is -0.992. The molecule has 0 unspecified atom stereocenters. The zero-order valence-corrected chi connectivity index (χ0v) is 5.62. The molecular formula is C7H10O3. The Labute approximate surface area is 59.6 Å². The van der Waals surface area contributed by atoms with Gasteiger partial charge in [0.1, 0.15) is 6.61 Å². The van der Waals surface area contributed by atoms with Crippen LogP contribution in [0.4, 0.5) is 0 Å². The fourth-order valence-electron chi connectivity index (χ4n) is 0.400. The van der Waals surface area contributed by atoms with E-state index in [1.807, 2.05) is 0 Å². The van der Waals surface area contributed by atoms with Gasteiger partial charge in [-0.25, -0.2) is 4.79 Å². The van der Waals surface area contributed by atoms with Crippen LogP contribution in [0.2, 0.25) is 0 Å². The van der Waals surface area contributed by atoms with E-state index in [1.54, 1.807) is 0 Å². The van der Waals surface area contributed by atoms with Crippen molar-refractivity contribution in [3.63, 3.8) is 0 Å². The minimum atomic E-state index is -0.992. The molecule has 0 fully saturated rings. The number of ether oxygens (including phenoxy) is 1. The smallest absolute Gasteiger partial charge is 0.329 e. The Morgan fingerprint density at radius 2 is 2.10 bits per heavy atom. The van der Waals surface area contributed by atoms with Gasteiger partial charge in [0, 0.05) is 0 Å². The predicted molar refractivity (Wildman–Crippen MR) is 37.8 cm³/mol. The van der Waals surface area contributed by atoms with Crippen LogP contribution in [0.5, 0.6) is 0 Å². The largest absolute Gasteiger partial charge is 0.480 e. The van der Waals surface area contributed by atoms with E-state index in [1.165, 1.54) is 12.2 Å². The highest BCUT2D eigenvalue weighted by atomic mass is 16.5. The van der Waals surface area contributed by atoms with Gasteiger partial charge in [-0.1, -0.05) is 12.2 Å². The number of rotatable bonds is 5. The molecule has 3 nitrogen and oxygen atoms in total. The Morgan fingerprint density at radius 1 is 1.60 bits per heavy atom. The molecule has 0 radical (unpaired) electrons. The molecule has 10 heavy (non-hydrogen) atoms. The molecule has 0 atom stereocenters. The van der Waals surface area contributed by atoms with Crippen LogP contribution < -0.4 is 0 Å². The van der Waals surface area contributed by atoms with Crippen LogP contribution in [0.1, 0.15) is 0 Å². The topological polar surface area (TPSA) is 46.5 Å². The first-order chi connectivity index (χ1) is 4.70. The summed E-state index contributed by atoms with van der Waals surface area (Å²) in [5.41, 5.74) is 0. The monoisotopic (exact) mass is 142 g/mol. The molecule has 3 heteroatoms. The minimum Gasteiger partial charge on any atom is -0.480 e. The van der Waals surface area contributed by atoms with Crippen LogP contribution in [0.3, 0.4) is 0 Å². The maximum absolute atomic E-state index is 9.94. The van der Waals surface area contributed by atoms with Gasteiger partial charge >= 0.3 is 5.97 Å². The number of aliphatic carboxylic acids is 1. The van der Waals surface area contributed by atoms with Crippen LogP contribution in [0.15, 0.2) is 25.3 Å². The molecule has 0 saturated heterocycles. The number of carbonyl (C=O) groups is 1. The number of carboxylic acids is 1. The van der Waals surface area contributed by atoms with Gasteiger partial charge in [-0.15, -0.1) is 13.2 Å². The highest BCUT2D eigenvalue weighted by Gasteiger charge is 2.00. The van der Waals surface area contributed by atoms with Crippen molar-refractivity contribution in [1.82, 2.24) is 0 Å². The highest BCUT2D eigenvalue weighted by molar-refractivity contribution is 5.68. The summed E-state index contributed by atoms with van der Waals surface area (Å²) in [5, 5.41) is 8.16. The third-order valence-electron chi connectivity index (χ3n) is 0.864. The Bertz CT molecular complexity index is 132. The van der Waals surface area contributed by atoms with Gasteiger partial charge in [0.15, 0.2) is 0 Å². The Morgan fingerprint density at radius 3 is 2.40 bits per heavy atom. The second-order valence-electron chi connectivity index (χ2n) is 1.64. The molecule has 0 amide bonds. The molecule has 56 valence electrons. The zero-order chi connectivity index (χ0) is 7.98. The standard InChI is InChI=1S/C7H10O3/c1-3-6(4-2)10-5-7(8)9/h3-4,6H,1-2,5H2,(H,8,9). The third-order valence-corrected chi connectivity index (χ3v) is 0.864. The Balaban J connectivity index is 3.54. The van der Waals surface area contributed by atoms with Crippen LogP contribution in [-0.2, 0) is 9.53 Å². The fraction of sp³-hybridized carbons (Fsp3) is 0.286. The summed E-state index contributed by atoms with van der Waals surface area (Å²) < 4.78 is 4.77. The average Bonchev–Trinajstić information content (AvgIpc) is 1.90. The van der Waals surface area contributed by atoms with Crippen molar-refractivity contribution in [1.29, 1.82) is 0 Å². The quantitative estimate of drug-likeness (QED) is 0.578. The van der Waals surface area contributed by atoms with E-state index < -0.39 is 5.97 Å². The molecule has 0 bridgehead atoms. The lowest BCUT2D eigenvalue weighted by Crippen LogP contribution is -2.13. The van der Waals surface area contributed by atoms with E-state index in [-0.39, 0.29) is 12.7 Å². The van der Waals surface area contributed by atoms with Crippen LogP contribution >= 0.6 is 0 Å². The lowest BCUT2D eigenvalue weighted by atomic mass is 10.3. The Kier molecular flexibility index (Phi) is 4.24. The second-order valence-corrected chi connectivity index (χ2v) is 1.64. The highest BCUT2D eigenvalue weighted by Crippen LogP contribution is 1.92. The SMILES string of the molecule is C=CC(C=C)OCC(=O)O. The molecule has 0 heterocycles. The molecule has 0 aromatic rings. The molecule has 0 aliphatic carbocycles. The maximum atomic E-state index is 9.94. The average molecular weight is 142 g/mol. The molecule has 0 saturated carbocycles. The first kappa shape index (κ1) is 8.91. The van der Waals surface area contributed by atoms with Gasteiger partial charge in [0.2, 0.25) is 0 Å². The van der Waals surface area contributed by atoms with Gasteiger partial charge in [0.25, 0.3) is 0 Å². The summed E-state index contributed by atoms with van der Waals surface area (Å²) in [6, 6.07) is 0.